The van der Waals surface area contributed by atoms with E-state index >= 15 is 0 Å². The molecule has 0 bridgehead atoms. The fraction of sp³-hybridized carbons (Fsp3) is 0.438. The Morgan fingerprint density at radius 3 is 2.86 bits per heavy atom. The molecule has 2 rings (SSSR count). The highest BCUT2D eigenvalue weighted by Gasteiger charge is 2.06. The van der Waals surface area contributed by atoms with Crippen molar-refractivity contribution in [3.05, 3.63) is 44.8 Å². The van der Waals surface area contributed by atoms with Gasteiger partial charge in [-0.1, -0.05) is 13.0 Å². The molecule has 2 aromatic rings. The van der Waals surface area contributed by atoms with Crippen molar-refractivity contribution < 1.29 is 0 Å². The molecule has 0 spiro atoms. The molecular formula is C16H23N3S2. The van der Waals surface area contributed by atoms with Crippen LogP contribution in [0.15, 0.2) is 39.3 Å². The van der Waals surface area contributed by atoms with Crippen molar-refractivity contribution in [3.8, 4) is 0 Å². The second kappa shape index (κ2) is 8.85. The number of hydrogen-bond donors (Lipinski definition) is 2. The van der Waals surface area contributed by atoms with E-state index in [-0.39, 0.29) is 0 Å². The summed E-state index contributed by atoms with van der Waals surface area (Å²) >= 11 is 3.55. The van der Waals surface area contributed by atoms with Gasteiger partial charge in [0.1, 0.15) is 0 Å². The summed E-state index contributed by atoms with van der Waals surface area (Å²) in [5.74, 6) is 1.38. The van der Waals surface area contributed by atoms with Gasteiger partial charge in [0.15, 0.2) is 5.96 Å². The third kappa shape index (κ3) is 5.52. The number of rotatable bonds is 7. The SMILES string of the molecule is CCNC(=NCC(C)c1ccsc1)NCCc1cccs1. The van der Waals surface area contributed by atoms with E-state index in [1.54, 1.807) is 22.7 Å². The lowest BCUT2D eigenvalue weighted by atomic mass is 10.1. The molecule has 114 valence electrons. The normalized spacial score (nSPS) is 13.1. The first kappa shape index (κ1) is 16.0. The molecule has 1 atom stereocenters. The molecule has 0 aliphatic heterocycles. The standard InChI is InChI=1S/C16H23N3S2/c1-3-17-16(18-8-6-15-5-4-9-21-15)19-11-13(2)14-7-10-20-12-14/h4-5,7,9-10,12-13H,3,6,8,11H2,1-2H3,(H2,17,18,19). The van der Waals surface area contributed by atoms with Crippen molar-refractivity contribution in [2.24, 2.45) is 4.99 Å². The summed E-state index contributed by atoms with van der Waals surface area (Å²) in [5.41, 5.74) is 1.37. The van der Waals surface area contributed by atoms with Gasteiger partial charge < -0.3 is 10.6 Å². The van der Waals surface area contributed by atoms with E-state index in [0.717, 1.165) is 32.0 Å². The highest BCUT2D eigenvalue weighted by molar-refractivity contribution is 7.09. The highest BCUT2D eigenvalue weighted by Crippen LogP contribution is 2.18. The molecule has 2 N–H and O–H groups in total. The fourth-order valence-corrected chi connectivity index (χ4v) is 3.48. The maximum atomic E-state index is 4.69. The Labute approximate surface area is 135 Å². The lowest BCUT2D eigenvalue weighted by Crippen LogP contribution is -2.38. The van der Waals surface area contributed by atoms with Crippen LogP contribution >= 0.6 is 22.7 Å². The van der Waals surface area contributed by atoms with E-state index in [0.29, 0.717) is 5.92 Å². The van der Waals surface area contributed by atoms with Crippen LogP contribution < -0.4 is 10.6 Å². The second-order valence-corrected chi connectivity index (χ2v) is 6.75. The topological polar surface area (TPSA) is 36.4 Å². The molecule has 0 amide bonds. The molecule has 1 unspecified atom stereocenters. The minimum absolute atomic E-state index is 0.462. The summed E-state index contributed by atoms with van der Waals surface area (Å²) in [6.45, 7) is 6.93. The average Bonchev–Trinajstić information content (AvgIpc) is 3.17. The van der Waals surface area contributed by atoms with E-state index in [1.807, 2.05) is 0 Å². The molecule has 0 radical (unpaired) electrons. The maximum Gasteiger partial charge on any atom is 0.191 e. The van der Waals surface area contributed by atoms with Gasteiger partial charge >= 0.3 is 0 Å². The van der Waals surface area contributed by atoms with Gasteiger partial charge in [-0.3, -0.25) is 4.99 Å². The van der Waals surface area contributed by atoms with Gasteiger partial charge in [-0.05, 0) is 47.2 Å². The maximum absolute atomic E-state index is 4.69. The first-order valence-corrected chi connectivity index (χ1v) is 9.18. The van der Waals surface area contributed by atoms with E-state index < -0.39 is 0 Å². The van der Waals surface area contributed by atoms with Gasteiger partial charge in [-0.15, -0.1) is 11.3 Å². The zero-order valence-electron chi connectivity index (χ0n) is 12.6. The van der Waals surface area contributed by atoms with Crippen molar-refractivity contribution in [3.63, 3.8) is 0 Å². The number of hydrogen-bond acceptors (Lipinski definition) is 3. The quantitative estimate of drug-likeness (QED) is 0.602. The molecule has 0 aliphatic carbocycles. The van der Waals surface area contributed by atoms with Crippen LogP contribution in [0.3, 0.4) is 0 Å². The van der Waals surface area contributed by atoms with E-state index in [9.17, 15) is 0 Å². The first-order valence-electron chi connectivity index (χ1n) is 7.36. The van der Waals surface area contributed by atoms with Crippen molar-refractivity contribution in [1.29, 1.82) is 0 Å². The highest BCUT2D eigenvalue weighted by atomic mass is 32.1. The average molecular weight is 322 g/mol. The molecule has 0 saturated carbocycles. The van der Waals surface area contributed by atoms with Crippen LogP contribution in [-0.4, -0.2) is 25.6 Å². The van der Waals surface area contributed by atoms with Crippen LogP contribution in [0.25, 0.3) is 0 Å². The van der Waals surface area contributed by atoms with Gasteiger partial charge in [0, 0.05) is 30.4 Å². The monoisotopic (exact) mass is 321 g/mol. The Morgan fingerprint density at radius 1 is 1.29 bits per heavy atom. The molecular weight excluding hydrogens is 298 g/mol. The molecule has 21 heavy (non-hydrogen) atoms. The van der Waals surface area contributed by atoms with Crippen LogP contribution in [0.4, 0.5) is 0 Å². The predicted molar refractivity (Wildman–Crippen MR) is 94.7 cm³/mol. The van der Waals surface area contributed by atoms with Crippen LogP contribution in [0, 0.1) is 0 Å². The molecule has 5 heteroatoms. The van der Waals surface area contributed by atoms with Gasteiger partial charge in [0.2, 0.25) is 0 Å². The Hall–Kier alpha value is -1.33. The van der Waals surface area contributed by atoms with Crippen LogP contribution in [0.2, 0.25) is 0 Å². The predicted octanol–water partition coefficient (Wildman–Crippen LogP) is 3.71. The van der Waals surface area contributed by atoms with E-state index in [4.69, 9.17) is 4.99 Å². The Bertz CT molecular complexity index is 518. The Morgan fingerprint density at radius 2 is 2.19 bits per heavy atom. The number of nitrogens with zero attached hydrogens (tertiary/aromatic N) is 1. The number of nitrogens with one attached hydrogen (secondary N) is 2. The summed E-state index contributed by atoms with van der Waals surface area (Å²) in [6, 6.07) is 6.46. The third-order valence-corrected chi connectivity index (χ3v) is 4.86. The number of aliphatic imine (C=N–C) groups is 1. The van der Waals surface area contributed by atoms with Gasteiger partial charge in [-0.25, -0.2) is 0 Å². The summed E-state index contributed by atoms with van der Waals surface area (Å²) < 4.78 is 0. The molecule has 0 aliphatic rings. The number of guanidine groups is 1. The molecule has 0 fully saturated rings. The first-order chi connectivity index (χ1) is 10.3. The fourth-order valence-electron chi connectivity index (χ4n) is 1.99. The largest absolute Gasteiger partial charge is 0.357 e. The lowest BCUT2D eigenvalue weighted by Gasteiger charge is -2.12. The van der Waals surface area contributed by atoms with Crippen molar-refractivity contribution in [1.82, 2.24) is 10.6 Å². The van der Waals surface area contributed by atoms with Crippen LogP contribution in [0.5, 0.6) is 0 Å². The molecule has 0 saturated heterocycles. The summed E-state index contributed by atoms with van der Waals surface area (Å²) in [7, 11) is 0. The number of thiophene rings is 2. The lowest BCUT2D eigenvalue weighted by molar-refractivity contribution is 0.749. The summed E-state index contributed by atoms with van der Waals surface area (Å²) in [5, 5.41) is 13.2. The summed E-state index contributed by atoms with van der Waals surface area (Å²) in [4.78, 5) is 6.10. The minimum atomic E-state index is 0.462. The second-order valence-electron chi connectivity index (χ2n) is 4.93. The summed E-state index contributed by atoms with van der Waals surface area (Å²) in [6.07, 6.45) is 1.04. The third-order valence-electron chi connectivity index (χ3n) is 3.22. The van der Waals surface area contributed by atoms with Gasteiger partial charge in [-0.2, -0.15) is 11.3 Å². The van der Waals surface area contributed by atoms with E-state index in [2.05, 4.69) is 58.8 Å². The van der Waals surface area contributed by atoms with E-state index in [1.165, 1.54) is 10.4 Å². The molecule has 2 heterocycles. The zero-order valence-corrected chi connectivity index (χ0v) is 14.3. The smallest absolute Gasteiger partial charge is 0.191 e. The Balaban J connectivity index is 1.81. The molecule has 0 aromatic carbocycles. The van der Waals surface area contributed by atoms with Crippen LogP contribution in [0.1, 0.15) is 30.2 Å². The molecule has 2 aromatic heterocycles. The van der Waals surface area contributed by atoms with Crippen molar-refractivity contribution in [2.75, 3.05) is 19.6 Å². The Kier molecular flexibility index (Phi) is 6.76. The minimum Gasteiger partial charge on any atom is -0.357 e. The van der Waals surface area contributed by atoms with Gasteiger partial charge in [0.05, 0.1) is 0 Å². The van der Waals surface area contributed by atoms with Crippen LogP contribution in [-0.2, 0) is 6.42 Å². The molecule has 3 nitrogen and oxygen atoms in total. The van der Waals surface area contributed by atoms with Gasteiger partial charge in [0.25, 0.3) is 0 Å². The van der Waals surface area contributed by atoms with Crippen molar-refractivity contribution in [2.45, 2.75) is 26.2 Å². The van der Waals surface area contributed by atoms with Crippen molar-refractivity contribution >= 4 is 28.6 Å². The zero-order chi connectivity index (χ0) is 14.9.